The number of carbonyl (C=O) groups excluding carboxylic acids is 1. The van der Waals surface area contributed by atoms with Crippen molar-refractivity contribution in [3.63, 3.8) is 0 Å². The molecule has 2 N–H and O–H groups in total. The molecule has 0 aromatic heterocycles. The average molecular weight is 302 g/mol. The standard InChI is InChI=1S/C15H30N2O4/c1-15(2,3)21-14(19)17-8-6-5-7-13(17)9-16-12(10-18)11-20-4/h12-13,16,18H,5-11H2,1-4H3. The summed E-state index contributed by atoms with van der Waals surface area (Å²) in [6, 6.07) is 0.0110. The van der Waals surface area contributed by atoms with Crippen molar-refractivity contribution in [3.8, 4) is 0 Å². The van der Waals surface area contributed by atoms with Crippen LogP contribution >= 0.6 is 0 Å². The quantitative estimate of drug-likeness (QED) is 0.775. The third-order valence-electron chi connectivity index (χ3n) is 3.49. The molecule has 0 aromatic rings. The summed E-state index contributed by atoms with van der Waals surface area (Å²) in [6.07, 6.45) is 2.83. The van der Waals surface area contributed by atoms with Crippen LogP contribution in [0.25, 0.3) is 0 Å². The Morgan fingerprint density at radius 1 is 1.43 bits per heavy atom. The van der Waals surface area contributed by atoms with E-state index in [2.05, 4.69) is 5.32 Å². The van der Waals surface area contributed by atoms with Gasteiger partial charge in [-0.25, -0.2) is 4.79 Å². The summed E-state index contributed by atoms with van der Waals surface area (Å²) in [4.78, 5) is 14.1. The molecule has 6 heteroatoms. The zero-order valence-corrected chi connectivity index (χ0v) is 13.7. The largest absolute Gasteiger partial charge is 0.444 e. The molecule has 0 radical (unpaired) electrons. The van der Waals surface area contributed by atoms with E-state index in [-0.39, 0.29) is 24.8 Å². The normalized spacial score (nSPS) is 21.2. The Morgan fingerprint density at radius 2 is 2.14 bits per heavy atom. The first-order valence-electron chi connectivity index (χ1n) is 7.70. The monoisotopic (exact) mass is 302 g/mol. The summed E-state index contributed by atoms with van der Waals surface area (Å²) in [6.45, 7) is 7.49. The fourth-order valence-electron chi connectivity index (χ4n) is 2.45. The molecular weight excluding hydrogens is 272 g/mol. The maximum atomic E-state index is 12.3. The maximum absolute atomic E-state index is 12.3. The third-order valence-corrected chi connectivity index (χ3v) is 3.49. The fourth-order valence-corrected chi connectivity index (χ4v) is 2.45. The van der Waals surface area contributed by atoms with Gasteiger partial charge in [-0.15, -0.1) is 0 Å². The molecule has 2 unspecified atom stereocenters. The van der Waals surface area contributed by atoms with Crippen LogP contribution in [0.3, 0.4) is 0 Å². The van der Waals surface area contributed by atoms with Gasteiger partial charge in [0.15, 0.2) is 0 Å². The molecule has 21 heavy (non-hydrogen) atoms. The molecule has 2 atom stereocenters. The number of piperidine rings is 1. The number of hydrogen-bond donors (Lipinski definition) is 2. The average Bonchev–Trinajstić information content (AvgIpc) is 2.42. The van der Waals surface area contributed by atoms with Gasteiger partial charge in [-0.2, -0.15) is 0 Å². The van der Waals surface area contributed by atoms with Gasteiger partial charge < -0.3 is 24.8 Å². The molecule has 1 aliphatic heterocycles. The second-order valence-electron chi connectivity index (χ2n) is 6.57. The molecule has 6 nitrogen and oxygen atoms in total. The molecule has 1 saturated heterocycles. The zero-order chi connectivity index (χ0) is 15.9. The minimum absolute atomic E-state index is 0.0208. The van der Waals surface area contributed by atoms with E-state index in [1.54, 1.807) is 7.11 Å². The van der Waals surface area contributed by atoms with Gasteiger partial charge in [0.1, 0.15) is 5.60 Å². The van der Waals surface area contributed by atoms with E-state index >= 15 is 0 Å². The van der Waals surface area contributed by atoms with Crippen LogP contribution in [-0.4, -0.2) is 67.2 Å². The minimum atomic E-state index is -0.476. The molecule has 0 spiro atoms. The fraction of sp³-hybridized carbons (Fsp3) is 0.933. The first-order chi connectivity index (χ1) is 9.87. The van der Waals surface area contributed by atoms with E-state index in [0.29, 0.717) is 13.2 Å². The Hall–Kier alpha value is -0.850. The van der Waals surface area contributed by atoms with Crippen molar-refractivity contribution in [2.75, 3.05) is 33.4 Å². The predicted octanol–water partition coefficient (Wildman–Crippen LogP) is 1.37. The first kappa shape index (κ1) is 18.2. The van der Waals surface area contributed by atoms with Gasteiger partial charge in [-0.1, -0.05) is 0 Å². The highest BCUT2D eigenvalue weighted by Gasteiger charge is 2.30. The Labute approximate surface area is 127 Å². The van der Waals surface area contributed by atoms with Crippen molar-refractivity contribution >= 4 is 6.09 Å². The molecule has 0 aromatic carbocycles. The van der Waals surface area contributed by atoms with Gasteiger partial charge >= 0.3 is 6.09 Å². The highest BCUT2D eigenvalue weighted by molar-refractivity contribution is 5.68. The molecule has 0 saturated carbocycles. The summed E-state index contributed by atoms with van der Waals surface area (Å²) in [7, 11) is 1.61. The van der Waals surface area contributed by atoms with Crippen LogP contribution in [-0.2, 0) is 9.47 Å². The lowest BCUT2D eigenvalue weighted by Crippen LogP contribution is -2.52. The van der Waals surface area contributed by atoms with Crippen molar-refractivity contribution in [2.24, 2.45) is 0 Å². The van der Waals surface area contributed by atoms with Crippen LogP contribution in [0.2, 0.25) is 0 Å². The van der Waals surface area contributed by atoms with Crippen LogP contribution in [0.5, 0.6) is 0 Å². The van der Waals surface area contributed by atoms with E-state index < -0.39 is 5.60 Å². The second-order valence-corrected chi connectivity index (χ2v) is 6.57. The number of amides is 1. The molecule has 1 heterocycles. The molecule has 0 aliphatic carbocycles. The van der Waals surface area contributed by atoms with E-state index in [1.165, 1.54) is 0 Å². The number of ether oxygens (including phenoxy) is 2. The summed E-state index contributed by atoms with van der Waals surface area (Å²) < 4.78 is 10.5. The smallest absolute Gasteiger partial charge is 0.410 e. The van der Waals surface area contributed by atoms with Crippen molar-refractivity contribution < 1.29 is 19.4 Å². The van der Waals surface area contributed by atoms with Crippen molar-refractivity contribution in [2.45, 2.75) is 57.7 Å². The minimum Gasteiger partial charge on any atom is -0.444 e. The molecule has 1 amide bonds. The highest BCUT2D eigenvalue weighted by atomic mass is 16.6. The highest BCUT2D eigenvalue weighted by Crippen LogP contribution is 2.20. The lowest BCUT2D eigenvalue weighted by Gasteiger charge is -2.37. The number of rotatable bonds is 6. The van der Waals surface area contributed by atoms with Crippen molar-refractivity contribution in [1.29, 1.82) is 0 Å². The molecule has 1 aliphatic rings. The number of aliphatic hydroxyl groups excluding tert-OH is 1. The van der Waals surface area contributed by atoms with Crippen molar-refractivity contribution in [3.05, 3.63) is 0 Å². The Kier molecular flexibility index (Phi) is 7.42. The third kappa shape index (κ3) is 6.63. The summed E-state index contributed by atoms with van der Waals surface area (Å²) in [5, 5.41) is 12.5. The van der Waals surface area contributed by atoms with Crippen LogP contribution in [0.4, 0.5) is 4.79 Å². The van der Waals surface area contributed by atoms with E-state index in [4.69, 9.17) is 9.47 Å². The number of methoxy groups -OCH3 is 1. The molecule has 124 valence electrons. The number of nitrogens with zero attached hydrogens (tertiary/aromatic N) is 1. The van der Waals surface area contributed by atoms with Crippen LogP contribution in [0, 0.1) is 0 Å². The number of aliphatic hydroxyl groups is 1. The summed E-state index contributed by atoms with van der Waals surface area (Å²) in [5.41, 5.74) is -0.476. The first-order valence-corrected chi connectivity index (χ1v) is 7.70. The second kappa shape index (κ2) is 8.56. The van der Waals surface area contributed by atoms with E-state index in [0.717, 1.165) is 25.8 Å². The van der Waals surface area contributed by atoms with Gasteiger partial charge in [-0.05, 0) is 40.0 Å². The van der Waals surface area contributed by atoms with E-state index in [9.17, 15) is 9.90 Å². The van der Waals surface area contributed by atoms with Crippen LogP contribution in [0.15, 0.2) is 0 Å². The van der Waals surface area contributed by atoms with Gasteiger partial charge in [0.2, 0.25) is 0 Å². The predicted molar refractivity (Wildman–Crippen MR) is 81.3 cm³/mol. The Morgan fingerprint density at radius 3 is 2.71 bits per heavy atom. The topological polar surface area (TPSA) is 71.0 Å². The van der Waals surface area contributed by atoms with Crippen LogP contribution < -0.4 is 5.32 Å². The Balaban J connectivity index is 2.54. The molecule has 1 rings (SSSR count). The Bertz CT molecular complexity index is 317. The van der Waals surface area contributed by atoms with Gasteiger partial charge in [-0.3, -0.25) is 0 Å². The number of hydrogen-bond acceptors (Lipinski definition) is 5. The zero-order valence-electron chi connectivity index (χ0n) is 13.7. The number of carbonyl (C=O) groups is 1. The maximum Gasteiger partial charge on any atom is 0.410 e. The molecule has 1 fully saturated rings. The van der Waals surface area contributed by atoms with Crippen LogP contribution in [0.1, 0.15) is 40.0 Å². The number of likely N-dealkylation sites (tertiary alicyclic amines) is 1. The van der Waals surface area contributed by atoms with Gasteiger partial charge in [0, 0.05) is 26.2 Å². The summed E-state index contributed by atoms with van der Waals surface area (Å²) in [5.74, 6) is 0. The SMILES string of the molecule is COCC(CO)NCC1CCCCN1C(=O)OC(C)(C)C. The molecule has 0 bridgehead atoms. The van der Waals surface area contributed by atoms with Gasteiger partial charge in [0.25, 0.3) is 0 Å². The number of nitrogens with one attached hydrogen (secondary N) is 1. The van der Waals surface area contributed by atoms with E-state index in [1.807, 2.05) is 25.7 Å². The summed E-state index contributed by atoms with van der Waals surface area (Å²) >= 11 is 0. The molecular formula is C15H30N2O4. The van der Waals surface area contributed by atoms with Gasteiger partial charge in [0.05, 0.1) is 19.3 Å². The lowest BCUT2D eigenvalue weighted by atomic mass is 10.0. The van der Waals surface area contributed by atoms with Crippen molar-refractivity contribution in [1.82, 2.24) is 10.2 Å². The lowest BCUT2D eigenvalue weighted by molar-refractivity contribution is 0.00899.